The van der Waals surface area contributed by atoms with E-state index < -0.39 is 67.3 Å². The summed E-state index contributed by atoms with van der Waals surface area (Å²) in [6.07, 6.45) is 11.6. The number of amides is 3. The number of ketones is 1. The normalized spacial score (nSPS) is 26.2. The summed E-state index contributed by atoms with van der Waals surface area (Å²) in [4.78, 5) is 85.2. The van der Waals surface area contributed by atoms with Gasteiger partial charge in [-0.05, 0) is 62.0 Å². The summed E-state index contributed by atoms with van der Waals surface area (Å²) in [5.41, 5.74) is -0.582. The SMILES string of the molecule is CC(=O)CC1NC(=O)C2(CCCCC2)NC(=O)[C@@H](CC(=O)O)[C@@H](c2ccc(CP(=O)(O)O)cc2)/C=C/CCC2(CCCCC2)CNC1=O. The molecule has 3 atom stereocenters. The van der Waals surface area contributed by atoms with E-state index in [-0.39, 0.29) is 17.6 Å². The number of rotatable bonds is 7. The van der Waals surface area contributed by atoms with Crippen LogP contribution < -0.4 is 16.0 Å². The van der Waals surface area contributed by atoms with Crippen LogP contribution in [0, 0.1) is 11.3 Å². The molecule has 0 radical (unpaired) electrons. The molecule has 48 heavy (non-hydrogen) atoms. The van der Waals surface area contributed by atoms with Crippen molar-refractivity contribution in [3.63, 3.8) is 0 Å². The Morgan fingerprint density at radius 3 is 2.08 bits per heavy atom. The number of Topliss-reactive ketones (excluding diaryl/α,β-unsaturated/α-hetero) is 1. The first-order valence-corrected chi connectivity index (χ1v) is 18.9. The average Bonchev–Trinajstić information content (AvgIpc) is 3.02. The molecule has 264 valence electrons. The van der Waals surface area contributed by atoms with Crippen molar-refractivity contribution in [2.75, 3.05) is 6.54 Å². The quantitative estimate of drug-likeness (QED) is 0.179. The van der Waals surface area contributed by atoms with E-state index in [0.717, 1.165) is 44.9 Å². The molecule has 6 N–H and O–H groups in total. The molecule has 2 fully saturated rings. The highest BCUT2D eigenvalue weighted by Crippen LogP contribution is 2.42. The summed E-state index contributed by atoms with van der Waals surface area (Å²) < 4.78 is 11.6. The predicted octanol–water partition coefficient (Wildman–Crippen LogP) is 4.24. The van der Waals surface area contributed by atoms with Gasteiger partial charge >= 0.3 is 13.6 Å². The third kappa shape index (κ3) is 10.3. The van der Waals surface area contributed by atoms with Crippen LogP contribution in [0.4, 0.5) is 0 Å². The number of carbonyl (C=O) groups excluding carboxylic acids is 4. The van der Waals surface area contributed by atoms with Crippen molar-refractivity contribution < 1.29 is 43.4 Å². The van der Waals surface area contributed by atoms with E-state index in [0.29, 0.717) is 49.8 Å². The molecule has 12 nitrogen and oxygen atoms in total. The lowest BCUT2D eigenvalue weighted by atomic mass is 9.71. The van der Waals surface area contributed by atoms with Gasteiger partial charge in [-0.2, -0.15) is 0 Å². The number of carbonyl (C=O) groups is 5. The molecule has 1 aromatic carbocycles. The summed E-state index contributed by atoms with van der Waals surface area (Å²) in [6.45, 7) is 1.76. The second-order valence-electron chi connectivity index (χ2n) is 14.1. The van der Waals surface area contributed by atoms with Crippen LogP contribution in [0.3, 0.4) is 0 Å². The number of carboxylic acid groups (broad SMARTS) is 1. The van der Waals surface area contributed by atoms with Gasteiger partial charge in [0.25, 0.3) is 0 Å². The fourth-order valence-electron chi connectivity index (χ4n) is 7.66. The van der Waals surface area contributed by atoms with Gasteiger partial charge in [0.05, 0.1) is 18.5 Å². The Kier molecular flexibility index (Phi) is 12.8. The highest BCUT2D eigenvalue weighted by molar-refractivity contribution is 7.50. The zero-order valence-electron chi connectivity index (χ0n) is 27.7. The lowest BCUT2D eigenvalue weighted by molar-refractivity contribution is -0.143. The fraction of sp³-hybridized carbons (Fsp3) is 0.629. The molecule has 1 aliphatic heterocycles. The standard InChI is InChI=1S/C35H50N3O9P/c1-24(39)20-29-32(43)36-23-34(15-5-2-6-16-34)17-9-4-10-27(26-13-11-25(12-14-26)22-48(45,46)47)28(21-30(40)41)31(42)38-35(33(44)37-29)18-7-3-8-19-35/h4,10-14,27-29H,2-3,5-9,15-23H2,1H3,(H,36,43)(H,37,44)(H,38,42)(H,40,41)(H2,45,46,47)/b10-4+/t27-,28+,29?/m1/s1. The zero-order valence-corrected chi connectivity index (χ0v) is 28.6. The minimum Gasteiger partial charge on any atom is -0.481 e. The topological polar surface area (TPSA) is 199 Å². The first-order valence-electron chi connectivity index (χ1n) is 17.1. The van der Waals surface area contributed by atoms with Crippen LogP contribution in [-0.4, -0.2) is 62.5 Å². The first kappa shape index (κ1) is 37.5. The Hall–Kier alpha value is -3.34. The molecule has 2 aliphatic carbocycles. The highest BCUT2D eigenvalue weighted by Gasteiger charge is 2.45. The summed E-state index contributed by atoms with van der Waals surface area (Å²) in [6, 6.07) is 5.35. The van der Waals surface area contributed by atoms with Crippen LogP contribution in [0.15, 0.2) is 36.4 Å². The third-order valence-electron chi connectivity index (χ3n) is 10.3. The van der Waals surface area contributed by atoms with E-state index in [2.05, 4.69) is 16.0 Å². The molecule has 0 bridgehead atoms. The third-order valence-corrected chi connectivity index (χ3v) is 11.0. The Labute approximate surface area is 282 Å². The molecule has 1 aromatic rings. The van der Waals surface area contributed by atoms with Gasteiger partial charge in [-0.25, -0.2) is 0 Å². The molecular weight excluding hydrogens is 637 g/mol. The molecule has 1 heterocycles. The van der Waals surface area contributed by atoms with Crippen molar-refractivity contribution in [2.24, 2.45) is 11.3 Å². The average molecular weight is 688 g/mol. The van der Waals surface area contributed by atoms with E-state index in [1.807, 2.05) is 12.2 Å². The van der Waals surface area contributed by atoms with Gasteiger partial charge in [-0.3, -0.25) is 28.5 Å². The second-order valence-corrected chi connectivity index (χ2v) is 15.7. The van der Waals surface area contributed by atoms with Crippen molar-refractivity contribution >= 4 is 37.1 Å². The van der Waals surface area contributed by atoms with Crippen molar-refractivity contribution in [3.05, 3.63) is 47.5 Å². The molecule has 1 unspecified atom stereocenters. The number of hydrogen-bond acceptors (Lipinski definition) is 6. The van der Waals surface area contributed by atoms with Crippen LogP contribution in [0.1, 0.15) is 114 Å². The largest absolute Gasteiger partial charge is 0.481 e. The second kappa shape index (κ2) is 16.4. The van der Waals surface area contributed by atoms with Crippen LogP contribution >= 0.6 is 7.60 Å². The molecule has 2 saturated carbocycles. The van der Waals surface area contributed by atoms with E-state index in [1.54, 1.807) is 24.3 Å². The van der Waals surface area contributed by atoms with Gasteiger partial charge in [0.15, 0.2) is 0 Å². The summed E-state index contributed by atoms with van der Waals surface area (Å²) in [7, 11) is -4.32. The van der Waals surface area contributed by atoms with Crippen LogP contribution in [0.5, 0.6) is 0 Å². The maximum atomic E-state index is 14.2. The van der Waals surface area contributed by atoms with Crippen molar-refractivity contribution in [2.45, 2.75) is 120 Å². The van der Waals surface area contributed by atoms with Gasteiger partial charge in [0.1, 0.15) is 17.4 Å². The lowest BCUT2D eigenvalue weighted by Gasteiger charge is -2.40. The van der Waals surface area contributed by atoms with Gasteiger partial charge in [-0.1, -0.05) is 74.9 Å². The summed E-state index contributed by atoms with van der Waals surface area (Å²) in [5, 5.41) is 18.8. The molecule has 13 heteroatoms. The Bertz CT molecular complexity index is 1410. The van der Waals surface area contributed by atoms with Crippen LogP contribution in [0.25, 0.3) is 0 Å². The van der Waals surface area contributed by atoms with Gasteiger partial charge < -0.3 is 30.8 Å². The molecular formula is C35H50N3O9P. The van der Waals surface area contributed by atoms with Gasteiger partial charge in [0.2, 0.25) is 17.7 Å². The number of carboxylic acids is 1. The monoisotopic (exact) mass is 687 g/mol. The number of benzene rings is 1. The number of allylic oxidation sites excluding steroid dienone is 2. The highest BCUT2D eigenvalue weighted by atomic mass is 31.2. The minimum atomic E-state index is -4.32. The predicted molar refractivity (Wildman–Crippen MR) is 179 cm³/mol. The Morgan fingerprint density at radius 2 is 1.50 bits per heavy atom. The lowest BCUT2D eigenvalue weighted by Crippen LogP contribution is -2.64. The fourth-order valence-corrected chi connectivity index (χ4v) is 8.35. The van der Waals surface area contributed by atoms with Crippen molar-refractivity contribution in [1.29, 1.82) is 0 Å². The Morgan fingerprint density at radius 1 is 0.875 bits per heavy atom. The summed E-state index contributed by atoms with van der Waals surface area (Å²) in [5.74, 6) is -4.91. The maximum Gasteiger partial charge on any atom is 0.329 e. The molecule has 3 amide bonds. The van der Waals surface area contributed by atoms with Gasteiger partial charge in [0, 0.05) is 18.9 Å². The number of nitrogens with one attached hydrogen (secondary N) is 3. The molecule has 0 aromatic heterocycles. The van der Waals surface area contributed by atoms with E-state index in [9.17, 15) is 43.4 Å². The molecule has 0 saturated heterocycles. The van der Waals surface area contributed by atoms with Crippen LogP contribution in [0.2, 0.25) is 0 Å². The smallest absolute Gasteiger partial charge is 0.329 e. The number of hydrogen-bond donors (Lipinski definition) is 6. The van der Waals surface area contributed by atoms with E-state index in [4.69, 9.17) is 0 Å². The summed E-state index contributed by atoms with van der Waals surface area (Å²) >= 11 is 0. The zero-order chi connectivity index (χ0) is 35.0. The first-order chi connectivity index (χ1) is 22.7. The molecule has 3 aliphatic rings. The van der Waals surface area contributed by atoms with E-state index >= 15 is 0 Å². The molecule has 4 rings (SSSR count). The van der Waals surface area contributed by atoms with Gasteiger partial charge in [-0.15, -0.1) is 0 Å². The molecule has 2 spiro atoms. The maximum absolute atomic E-state index is 14.2. The number of aliphatic carboxylic acids is 1. The van der Waals surface area contributed by atoms with Crippen LogP contribution in [-0.2, 0) is 34.7 Å². The Balaban J connectivity index is 1.78. The van der Waals surface area contributed by atoms with Crippen molar-refractivity contribution in [3.8, 4) is 0 Å². The van der Waals surface area contributed by atoms with E-state index in [1.165, 1.54) is 6.92 Å². The van der Waals surface area contributed by atoms with Crippen molar-refractivity contribution in [1.82, 2.24) is 16.0 Å². The minimum absolute atomic E-state index is 0.192.